The van der Waals surface area contributed by atoms with E-state index in [9.17, 15) is 9.18 Å². The standard InChI is InChI=1S/C12H17FN2O/c1-3-7-15(4-2)12(16)9-5-6-10(13)11(14)8-9/h5-6,8H,3-4,7,14H2,1-2H3. The quantitative estimate of drug-likeness (QED) is 0.797. The summed E-state index contributed by atoms with van der Waals surface area (Å²) in [5.41, 5.74) is 5.88. The number of carbonyl (C=O) groups is 1. The number of rotatable bonds is 4. The van der Waals surface area contributed by atoms with Crippen LogP contribution in [0, 0.1) is 5.82 Å². The number of nitrogen functional groups attached to an aromatic ring is 1. The number of halogens is 1. The summed E-state index contributed by atoms with van der Waals surface area (Å²) in [4.78, 5) is 13.7. The Bertz CT molecular complexity index is 379. The van der Waals surface area contributed by atoms with Crippen molar-refractivity contribution in [2.24, 2.45) is 0 Å². The first-order chi connectivity index (χ1) is 7.60. The molecule has 0 fully saturated rings. The van der Waals surface area contributed by atoms with Crippen molar-refractivity contribution in [2.45, 2.75) is 20.3 Å². The summed E-state index contributed by atoms with van der Waals surface area (Å²) in [6, 6.07) is 4.07. The molecule has 0 aromatic heterocycles. The van der Waals surface area contributed by atoms with E-state index in [0.717, 1.165) is 6.42 Å². The highest BCUT2D eigenvalue weighted by molar-refractivity contribution is 5.95. The second-order valence-electron chi connectivity index (χ2n) is 3.62. The molecule has 0 heterocycles. The van der Waals surface area contributed by atoms with Crippen molar-refractivity contribution in [2.75, 3.05) is 18.8 Å². The van der Waals surface area contributed by atoms with E-state index in [2.05, 4.69) is 0 Å². The molecule has 0 radical (unpaired) electrons. The number of carbonyl (C=O) groups excluding carboxylic acids is 1. The molecule has 1 amide bonds. The van der Waals surface area contributed by atoms with E-state index in [-0.39, 0.29) is 11.6 Å². The van der Waals surface area contributed by atoms with Gasteiger partial charge in [0.05, 0.1) is 5.69 Å². The topological polar surface area (TPSA) is 46.3 Å². The SMILES string of the molecule is CCCN(CC)C(=O)c1ccc(F)c(N)c1. The Labute approximate surface area is 95.0 Å². The van der Waals surface area contributed by atoms with Gasteiger partial charge in [0.15, 0.2) is 0 Å². The van der Waals surface area contributed by atoms with Gasteiger partial charge in [0, 0.05) is 18.7 Å². The largest absolute Gasteiger partial charge is 0.396 e. The Balaban J connectivity index is 2.90. The zero-order valence-electron chi connectivity index (χ0n) is 9.66. The highest BCUT2D eigenvalue weighted by Gasteiger charge is 2.14. The molecule has 0 saturated carbocycles. The molecule has 88 valence electrons. The zero-order chi connectivity index (χ0) is 12.1. The average molecular weight is 224 g/mol. The lowest BCUT2D eigenvalue weighted by atomic mass is 10.1. The van der Waals surface area contributed by atoms with Gasteiger partial charge in [-0.25, -0.2) is 4.39 Å². The first-order valence-corrected chi connectivity index (χ1v) is 5.44. The molecule has 0 aliphatic carbocycles. The van der Waals surface area contributed by atoms with E-state index in [0.29, 0.717) is 18.7 Å². The molecule has 0 spiro atoms. The van der Waals surface area contributed by atoms with Crippen LogP contribution in [0.5, 0.6) is 0 Å². The molecule has 3 nitrogen and oxygen atoms in total. The van der Waals surface area contributed by atoms with Crippen LogP contribution < -0.4 is 5.73 Å². The molecule has 1 rings (SSSR count). The van der Waals surface area contributed by atoms with Gasteiger partial charge < -0.3 is 10.6 Å². The number of hydrogen-bond acceptors (Lipinski definition) is 2. The fraction of sp³-hybridized carbons (Fsp3) is 0.417. The number of hydrogen-bond donors (Lipinski definition) is 1. The molecule has 4 heteroatoms. The van der Waals surface area contributed by atoms with Crippen LogP contribution in [0.1, 0.15) is 30.6 Å². The molecule has 1 aromatic rings. The molecule has 0 aliphatic heterocycles. The van der Waals surface area contributed by atoms with Gasteiger partial charge in [-0.3, -0.25) is 4.79 Å². The van der Waals surface area contributed by atoms with Crippen LogP contribution in [0.2, 0.25) is 0 Å². The van der Waals surface area contributed by atoms with Crippen LogP contribution in [-0.2, 0) is 0 Å². The van der Waals surface area contributed by atoms with Crippen LogP contribution >= 0.6 is 0 Å². The minimum Gasteiger partial charge on any atom is -0.396 e. The molecular weight excluding hydrogens is 207 g/mol. The van der Waals surface area contributed by atoms with Crippen molar-refractivity contribution in [3.8, 4) is 0 Å². The summed E-state index contributed by atoms with van der Waals surface area (Å²) < 4.78 is 12.9. The smallest absolute Gasteiger partial charge is 0.253 e. The summed E-state index contributed by atoms with van der Waals surface area (Å²) in [5.74, 6) is -0.592. The monoisotopic (exact) mass is 224 g/mol. The fourth-order valence-electron chi connectivity index (χ4n) is 1.53. The van der Waals surface area contributed by atoms with Crippen LogP contribution in [-0.4, -0.2) is 23.9 Å². The van der Waals surface area contributed by atoms with Crippen molar-refractivity contribution in [1.82, 2.24) is 4.90 Å². The number of nitrogens with zero attached hydrogens (tertiary/aromatic N) is 1. The Kier molecular flexibility index (Phi) is 4.28. The van der Waals surface area contributed by atoms with Crippen molar-refractivity contribution in [3.63, 3.8) is 0 Å². The van der Waals surface area contributed by atoms with Crippen LogP contribution in [0.4, 0.5) is 10.1 Å². The van der Waals surface area contributed by atoms with Gasteiger partial charge in [0.25, 0.3) is 5.91 Å². The number of benzene rings is 1. The lowest BCUT2D eigenvalue weighted by Gasteiger charge is -2.20. The molecule has 0 unspecified atom stereocenters. The maximum atomic E-state index is 12.9. The van der Waals surface area contributed by atoms with Gasteiger partial charge in [-0.2, -0.15) is 0 Å². The minimum absolute atomic E-state index is 0.0124. The molecular formula is C12H17FN2O. The third-order valence-corrected chi connectivity index (χ3v) is 2.41. The lowest BCUT2D eigenvalue weighted by molar-refractivity contribution is 0.0764. The van der Waals surface area contributed by atoms with Gasteiger partial charge in [0.2, 0.25) is 0 Å². The second-order valence-corrected chi connectivity index (χ2v) is 3.62. The minimum atomic E-state index is -0.491. The highest BCUT2D eigenvalue weighted by Crippen LogP contribution is 2.14. The molecule has 16 heavy (non-hydrogen) atoms. The number of nitrogens with two attached hydrogens (primary N) is 1. The predicted octanol–water partition coefficient (Wildman–Crippen LogP) is 2.28. The summed E-state index contributed by atoms with van der Waals surface area (Å²) in [6.45, 7) is 5.27. The van der Waals surface area contributed by atoms with E-state index in [1.165, 1.54) is 18.2 Å². The Hall–Kier alpha value is -1.58. The number of amides is 1. The molecule has 0 saturated heterocycles. The van der Waals surface area contributed by atoms with Crippen LogP contribution in [0.15, 0.2) is 18.2 Å². The van der Waals surface area contributed by atoms with E-state index in [1.807, 2.05) is 13.8 Å². The van der Waals surface area contributed by atoms with E-state index >= 15 is 0 Å². The molecule has 2 N–H and O–H groups in total. The highest BCUT2D eigenvalue weighted by atomic mass is 19.1. The van der Waals surface area contributed by atoms with E-state index < -0.39 is 5.82 Å². The lowest BCUT2D eigenvalue weighted by Crippen LogP contribution is -2.31. The normalized spacial score (nSPS) is 10.2. The summed E-state index contributed by atoms with van der Waals surface area (Å²) in [5, 5.41) is 0. The molecule has 0 atom stereocenters. The van der Waals surface area contributed by atoms with Gasteiger partial charge in [-0.05, 0) is 31.5 Å². The Morgan fingerprint density at radius 2 is 2.12 bits per heavy atom. The Morgan fingerprint density at radius 3 is 2.62 bits per heavy atom. The second kappa shape index (κ2) is 5.49. The maximum absolute atomic E-state index is 12.9. The van der Waals surface area contributed by atoms with Gasteiger partial charge in [-0.1, -0.05) is 6.92 Å². The van der Waals surface area contributed by atoms with Crippen molar-refractivity contribution in [3.05, 3.63) is 29.6 Å². The van der Waals surface area contributed by atoms with Crippen LogP contribution in [0.3, 0.4) is 0 Å². The first-order valence-electron chi connectivity index (χ1n) is 5.44. The number of anilines is 1. The predicted molar refractivity (Wildman–Crippen MR) is 62.7 cm³/mol. The van der Waals surface area contributed by atoms with Gasteiger partial charge in [-0.15, -0.1) is 0 Å². The van der Waals surface area contributed by atoms with Gasteiger partial charge >= 0.3 is 0 Å². The van der Waals surface area contributed by atoms with Crippen molar-refractivity contribution in [1.29, 1.82) is 0 Å². The van der Waals surface area contributed by atoms with Crippen molar-refractivity contribution >= 4 is 11.6 Å². The fourth-order valence-corrected chi connectivity index (χ4v) is 1.53. The summed E-state index contributed by atoms with van der Waals surface area (Å²) >= 11 is 0. The zero-order valence-corrected chi connectivity index (χ0v) is 9.66. The molecule has 0 aliphatic rings. The Morgan fingerprint density at radius 1 is 1.44 bits per heavy atom. The third kappa shape index (κ3) is 2.72. The van der Waals surface area contributed by atoms with E-state index in [1.54, 1.807) is 4.90 Å². The van der Waals surface area contributed by atoms with Crippen LogP contribution in [0.25, 0.3) is 0 Å². The third-order valence-electron chi connectivity index (χ3n) is 2.41. The first kappa shape index (κ1) is 12.5. The summed E-state index contributed by atoms with van der Waals surface area (Å²) in [6.07, 6.45) is 0.899. The molecule has 0 bridgehead atoms. The van der Waals surface area contributed by atoms with Gasteiger partial charge in [0.1, 0.15) is 5.82 Å². The molecule has 1 aromatic carbocycles. The average Bonchev–Trinajstić information content (AvgIpc) is 2.28. The van der Waals surface area contributed by atoms with E-state index in [4.69, 9.17) is 5.73 Å². The van der Waals surface area contributed by atoms with Crippen molar-refractivity contribution < 1.29 is 9.18 Å². The maximum Gasteiger partial charge on any atom is 0.253 e. The summed E-state index contributed by atoms with van der Waals surface area (Å²) in [7, 11) is 0.